The molecule has 0 spiro atoms. The van der Waals surface area contributed by atoms with Crippen LogP contribution in [-0.2, 0) is 16.0 Å². The summed E-state index contributed by atoms with van der Waals surface area (Å²) in [4.78, 5) is 26.4. The number of hydrogen-bond donors (Lipinski definition) is 0. The lowest BCUT2D eigenvalue weighted by atomic mass is 9.95. The Labute approximate surface area is 136 Å². The number of rotatable bonds is 1. The standard InChI is InChI=1S/C19H23NO3/c1-19(2,3)23-18(22)20-15(21)10-13-9-12-5-4-6-14(11-7-8-11)16(12)17(13)20/h4-6,11,13,17H,7-10H2,1-3H3. The summed E-state index contributed by atoms with van der Waals surface area (Å²) in [5, 5.41) is 0. The van der Waals surface area contributed by atoms with Gasteiger partial charge in [0.1, 0.15) is 5.60 Å². The second kappa shape index (κ2) is 4.83. The Morgan fingerprint density at radius 1 is 1.22 bits per heavy atom. The van der Waals surface area contributed by atoms with Crippen molar-refractivity contribution in [3.05, 3.63) is 34.9 Å². The van der Waals surface area contributed by atoms with E-state index in [0.717, 1.165) is 6.42 Å². The average Bonchev–Trinajstić information content (AvgIpc) is 3.14. The second-order valence-electron chi connectivity index (χ2n) is 8.05. The van der Waals surface area contributed by atoms with Crippen LogP contribution in [0.3, 0.4) is 0 Å². The minimum atomic E-state index is -0.590. The molecule has 1 saturated heterocycles. The molecule has 0 aromatic heterocycles. The summed E-state index contributed by atoms with van der Waals surface area (Å²) in [6.45, 7) is 5.50. The largest absolute Gasteiger partial charge is 0.443 e. The number of fused-ring (bicyclic) bond motifs is 3. The molecule has 3 aliphatic rings. The lowest BCUT2D eigenvalue weighted by molar-refractivity contribution is -0.128. The Morgan fingerprint density at radius 2 is 1.96 bits per heavy atom. The van der Waals surface area contributed by atoms with Crippen molar-refractivity contribution in [3.8, 4) is 0 Å². The van der Waals surface area contributed by atoms with Gasteiger partial charge < -0.3 is 4.74 Å². The maximum absolute atomic E-state index is 12.6. The Bertz CT molecular complexity index is 684. The zero-order valence-corrected chi connectivity index (χ0v) is 14.0. The molecule has 4 rings (SSSR count). The summed E-state index contributed by atoms with van der Waals surface area (Å²) in [6.07, 6.45) is 3.28. The zero-order valence-electron chi connectivity index (χ0n) is 14.0. The molecule has 1 heterocycles. The number of likely N-dealkylation sites (tertiary alicyclic amines) is 1. The van der Waals surface area contributed by atoms with Crippen molar-refractivity contribution in [2.75, 3.05) is 0 Å². The van der Waals surface area contributed by atoms with Crippen LogP contribution in [0, 0.1) is 5.92 Å². The lowest BCUT2D eigenvalue weighted by Gasteiger charge is -2.28. The first-order valence-corrected chi connectivity index (χ1v) is 8.52. The minimum Gasteiger partial charge on any atom is -0.443 e. The molecule has 4 heteroatoms. The fraction of sp³-hybridized carbons (Fsp3) is 0.579. The Kier molecular flexibility index (Phi) is 3.09. The van der Waals surface area contributed by atoms with E-state index >= 15 is 0 Å². The molecule has 2 amide bonds. The molecule has 1 aromatic carbocycles. The quantitative estimate of drug-likeness (QED) is 0.789. The van der Waals surface area contributed by atoms with Crippen molar-refractivity contribution in [2.45, 2.75) is 64.0 Å². The molecule has 2 fully saturated rings. The van der Waals surface area contributed by atoms with E-state index in [1.807, 2.05) is 20.8 Å². The monoisotopic (exact) mass is 313 g/mol. The molecule has 2 unspecified atom stereocenters. The van der Waals surface area contributed by atoms with Crippen LogP contribution >= 0.6 is 0 Å². The van der Waals surface area contributed by atoms with Gasteiger partial charge in [0.25, 0.3) is 0 Å². The highest BCUT2D eigenvalue weighted by Crippen LogP contribution is 2.53. The normalized spacial score (nSPS) is 26.2. The number of carbonyl (C=O) groups excluding carboxylic acids is 2. The molecule has 2 aliphatic carbocycles. The number of benzene rings is 1. The van der Waals surface area contributed by atoms with Gasteiger partial charge in [-0.1, -0.05) is 18.2 Å². The van der Waals surface area contributed by atoms with Crippen molar-refractivity contribution in [2.24, 2.45) is 5.92 Å². The number of nitrogens with zero attached hydrogens (tertiary/aromatic N) is 1. The van der Waals surface area contributed by atoms with Gasteiger partial charge in [-0.05, 0) is 68.6 Å². The van der Waals surface area contributed by atoms with Crippen LogP contribution in [-0.4, -0.2) is 22.5 Å². The fourth-order valence-electron chi connectivity index (χ4n) is 4.08. The minimum absolute atomic E-state index is 0.0921. The van der Waals surface area contributed by atoms with Crippen LogP contribution in [0.1, 0.15) is 68.7 Å². The van der Waals surface area contributed by atoms with Gasteiger partial charge in [0.05, 0.1) is 6.04 Å². The third-order valence-corrected chi connectivity index (χ3v) is 5.05. The van der Waals surface area contributed by atoms with Gasteiger partial charge in [-0.2, -0.15) is 0 Å². The Balaban J connectivity index is 1.72. The fourth-order valence-corrected chi connectivity index (χ4v) is 4.08. The van der Waals surface area contributed by atoms with Gasteiger partial charge in [0.2, 0.25) is 5.91 Å². The van der Waals surface area contributed by atoms with Crippen LogP contribution in [0.5, 0.6) is 0 Å². The summed E-state index contributed by atoms with van der Waals surface area (Å²) < 4.78 is 5.50. The van der Waals surface area contributed by atoms with E-state index in [9.17, 15) is 9.59 Å². The topological polar surface area (TPSA) is 46.6 Å². The highest BCUT2D eigenvalue weighted by atomic mass is 16.6. The van der Waals surface area contributed by atoms with E-state index < -0.39 is 11.7 Å². The van der Waals surface area contributed by atoms with E-state index in [1.54, 1.807) is 0 Å². The smallest absolute Gasteiger partial charge is 0.417 e. The van der Waals surface area contributed by atoms with Crippen molar-refractivity contribution >= 4 is 12.0 Å². The summed E-state index contributed by atoms with van der Waals surface area (Å²) in [5.41, 5.74) is 3.30. The maximum atomic E-state index is 12.6. The summed E-state index contributed by atoms with van der Waals surface area (Å²) in [5.74, 6) is 0.732. The molecule has 0 bridgehead atoms. The predicted molar refractivity (Wildman–Crippen MR) is 86.0 cm³/mol. The highest BCUT2D eigenvalue weighted by Gasteiger charge is 2.51. The maximum Gasteiger partial charge on any atom is 0.417 e. The van der Waals surface area contributed by atoms with Gasteiger partial charge >= 0.3 is 6.09 Å². The molecule has 23 heavy (non-hydrogen) atoms. The first kappa shape index (κ1) is 14.7. The van der Waals surface area contributed by atoms with E-state index in [4.69, 9.17) is 4.74 Å². The lowest BCUT2D eigenvalue weighted by Crippen LogP contribution is -2.39. The van der Waals surface area contributed by atoms with Crippen molar-refractivity contribution < 1.29 is 14.3 Å². The van der Waals surface area contributed by atoms with Crippen LogP contribution in [0.25, 0.3) is 0 Å². The van der Waals surface area contributed by atoms with E-state index in [2.05, 4.69) is 18.2 Å². The molecular formula is C19H23NO3. The van der Waals surface area contributed by atoms with Crippen LogP contribution < -0.4 is 0 Å². The highest BCUT2D eigenvalue weighted by molar-refractivity contribution is 5.95. The second-order valence-corrected chi connectivity index (χ2v) is 8.05. The Morgan fingerprint density at radius 3 is 2.61 bits per heavy atom. The van der Waals surface area contributed by atoms with Crippen molar-refractivity contribution in [3.63, 3.8) is 0 Å². The van der Waals surface area contributed by atoms with Gasteiger partial charge in [-0.3, -0.25) is 4.79 Å². The number of carbonyl (C=O) groups is 2. The molecule has 2 atom stereocenters. The molecule has 1 aromatic rings. The van der Waals surface area contributed by atoms with E-state index in [-0.39, 0.29) is 17.9 Å². The summed E-state index contributed by atoms with van der Waals surface area (Å²) in [6, 6.07) is 6.32. The first-order valence-electron chi connectivity index (χ1n) is 8.52. The molecule has 0 radical (unpaired) electrons. The summed E-state index contributed by atoms with van der Waals surface area (Å²) in [7, 11) is 0. The third kappa shape index (κ3) is 2.44. The van der Waals surface area contributed by atoms with Gasteiger partial charge in [0, 0.05) is 6.42 Å². The molecule has 1 saturated carbocycles. The Hall–Kier alpha value is -1.84. The molecule has 1 aliphatic heterocycles. The summed E-state index contributed by atoms with van der Waals surface area (Å²) >= 11 is 0. The van der Waals surface area contributed by atoms with Crippen molar-refractivity contribution in [1.82, 2.24) is 4.90 Å². The first-order chi connectivity index (χ1) is 10.8. The third-order valence-electron chi connectivity index (χ3n) is 5.05. The van der Waals surface area contributed by atoms with Crippen LogP contribution in [0.15, 0.2) is 18.2 Å². The molecule has 4 nitrogen and oxygen atoms in total. The molecule has 122 valence electrons. The van der Waals surface area contributed by atoms with Gasteiger partial charge in [-0.25, -0.2) is 9.69 Å². The van der Waals surface area contributed by atoms with E-state index in [0.29, 0.717) is 12.3 Å². The predicted octanol–water partition coefficient (Wildman–Crippen LogP) is 3.94. The molecular weight excluding hydrogens is 290 g/mol. The SMILES string of the molecule is CC(C)(C)OC(=O)N1C(=O)CC2Cc3cccc(C4CC4)c3C21. The van der Waals surface area contributed by atoms with E-state index in [1.165, 1.54) is 34.4 Å². The zero-order chi connectivity index (χ0) is 16.4. The number of imide groups is 1. The average molecular weight is 313 g/mol. The number of hydrogen-bond acceptors (Lipinski definition) is 3. The van der Waals surface area contributed by atoms with Crippen LogP contribution in [0.2, 0.25) is 0 Å². The van der Waals surface area contributed by atoms with Gasteiger partial charge in [0.15, 0.2) is 0 Å². The number of ether oxygens (including phenoxy) is 1. The molecule has 0 N–H and O–H groups in total. The van der Waals surface area contributed by atoms with Crippen molar-refractivity contribution in [1.29, 1.82) is 0 Å². The number of amides is 2. The van der Waals surface area contributed by atoms with Crippen LogP contribution in [0.4, 0.5) is 4.79 Å². The van der Waals surface area contributed by atoms with Gasteiger partial charge in [-0.15, -0.1) is 0 Å².